The number of benzene rings is 1. The summed E-state index contributed by atoms with van der Waals surface area (Å²) in [5.74, 6) is 0.419. The van der Waals surface area contributed by atoms with Crippen LogP contribution in [-0.4, -0.2) is 23.5 Å². The van der Waals surface area contributed by atoms with Crippen LogP contribution in [0.2, 0.25) is 0 Å². The zero-order valence-electron chi connectivity index (χ0n) is 9.41. The molecule has 1 aliphatic rings. The molecule has 3 nitrogen and oxygen atoms in total. The maximum atomic E-state index is 13.1. The fourth-order valence-corrected chi connectivity index (χ4v) is 3.06. The van der Waals surface area contributed by atoms with Gasteiger partial charge in [0.15, 0.2) is 0 Å². The van der Waals surface area contributed by atoms with Gasteiger partial charge >= 0.3 is 0 Å². The van der Waals surface area contributed by atoms with Gasteiger partial charge in [0.2, 0.25) is 0 Å². The lowest BCUT2D eigenvalue weighted by molar-refractivity contribution is 0.0953. The van der Waals surface area contributed by atoms with Gasteiger partial charge in [0, 0.05) is 23.0 Å². The number of nitrogens with one attached hydrogen (secondary N) is 1. The topological polar surface area (TPSA) is 55.1 Å². The molecule has 1 fully saturated rings. The quantitative estimate of drug-likeness (QED) is 0.812. The average Bonchev–Trinajstić information content (AvgIpc) is 2.77. The van der Waals surface area contributed by atoms with E-state index in [4.69, 9.17) is 5.73 Å². The number of hydrogen-bond donors (Lipinski definition) is 2. The lowest BCUT2D eigenvalue weighted by Gasteiger charge is -2.10. The summed E-state index contributed by atoms with van der Waals surface area (Å²) in [6.45, 7) is 0.639. The second kappa shape index (κ2) is 5.40. The van der Waals surface area contributed by atoms with Crippen molar-refractivity contribution in [2.24, 2.45) is 0 Å². The van der Waals surface area contributed by atoms with Crippen molar-refractivity contribution in [3.05, 3.63) is 29.6 Å². The van der Waals surface area contributed by atoms with Crippen molar-refractivity contribution in [1.82, 2.24) is 5.32 Å². The molecule has 1 unspecified atom stereocenters. The molecular formula is C12H15FN2OS. The van der Waals surface area contributed by atoms with Crippen molar-refractivity contribution in [2.75, 3.05) is 18.0 Å². The fraction of sp³-hybridized carbons (Fsp3) is 0.417. The van der Waals surface area contributed by atoms with Gasteiger partial charge in [-0.3, -0.25) is 4.79 Å². The molecule has 1 saturated heterocycles. The first-order valence-electron chi connectivity index (χ1n) is 5.61. The molecule has 0 aromatic heterocycles. The van der Waals surface area contributed by atoms with Gasteiger partial charge in [0.05, 0.1) is 0 Å². The molecule has 0 spiro atoms. The van der Waals surface area contributed by atoms with Gasteiger partial charge in [-0.25, -0.2) is 4.39 Å². The van der Waals surface area contributed by atoms with E-state index < -0.39 is 5.82 Å². The number of halogens is 1. The predicted molar refractivity (Wildman–Crippen MR) is 68.6 cm³/mol. The van der Waals surface area contributed by atoms with Crippen LogP contribution in [0.25, 0.3) is 0 Å². The van der Waals surface area contributed by atoms with Crippen LogP contribution < -0.4 is 11.1 Å². The third-order valence-corrected chi connectivity index (χ3v) is 4.09. The SMILES string of the molecule is Nc1cc(F)cc(C(=O)NCC2CCCS2)c1. The highest BCUT2D eigenvalue weighted by atomic mass is 32.2. The zero-order valence-corrected chi connectivity index (χ0v) is 10.2. The van der Waals surface area contributed by atoms with Crippen LogP contribution in [0.3, 0.4) is 0 Å². The molecule has 0 saturated carbocycles. The molecule has 17 heavy (non-hydrogen) atoms. The van der Waals surface area contributed by atoms with Crippen molar-refractivity contribution in [1.29, 1.82) is 0 Å². The predicted octanol–water partition coefficient (Wildman–Crippen LogP) is 2.03. The van der Waals surface area contributed by atoms with Gasteiger partial charge in [-0.15, -0.1) is 0 Å². The van der Waals surface area contributed by atoms with Crippen molar-refractivity contribution >= 4 is 23.4 Å². The van der Waals surface area contributed by atoms with Crippen molar-refractivity contribution in [3.8, 4) is 0 Å². The zero-order chi connectivity index (χ0) is 12.3. The van der Waals surface area contributed by atoms with Crippen molar-refractivity contribution in [2.45, 2.75) is 18.1 Å². The summed E-state index contributed by atoms with van der Waals surface area (Å²) < 4.78 is 13.1. The molecule has 1 heterocycles. The Kier molecular flexibility index (Phi) is 3.89. The van der Waals surface area contributed by atoms with Gasteiger partial charge in [-0.1, -0.05) is 0 Å². The first-order valence-corrected chi connectivity index (χ1v) is 6.66. The number of nitrogen functional groups attached to an aromatic ring is 1. The van der Waals surface area contributed by atoms with E-state index in [2.05, 4.69) is 5.32 Å². The third kappa shape index (κ3) is 3.36. The summed E-state index contributed by atoms with van der Waals surface area (Å²) in [5.41, 5.74) is 6.04. The highest BCUT2D eigenvalue weighted by molar-refractivity contribution is 8.00. The first-order chi connectivity index (χ1) is 8.15. The molecule has 0 radical (unpaired) electrons. The van der Waals surface area contributed by atoms with E-state index in [-0.39, 0.29) is 17.2 Å². The second-order valence-corrected chi connectivity index (χ2v) is 5.53. The molecule has 5 heteroatoms. The van der Waals surface area contributed by atoms with Crippen LogP contribution >= 0.6 is 11.8 Å². The Bertz CT molecular complexity index is 399. The maximum absolute atomic E-state index is 13.1. The van der Waals surface area contributed by atoms with E-state index in [9.17, 15) is 9.18 Å². The first kappa shape index (κ1) is 12.2. The van der Waals surface area contributed by atoms with E-state index in [1.165, 1.54) is 24.6 Å². The van der Waals surface area contributed by atoms with Crippen LogP contribution in [0.5, 0.6) is 0 Å². The van der Waals surface area contributed by atoms with Gasteiger partial charge in [-0.05, 0) is 36.8 Å². The monoisotopic (exact) mass is 254 g/mol. The van der Waals surface area contributed by atoms with E-state index in [0.717, 1.165) is 12.2 Å². The Hall–Kier alpha value is -1.23. The average molecular weight is 254 g/mol. The molecule has 1 aromatic rings. The molecule has 3 N–H and O–H groups in total. The van der Waals surface area contributed by atoms with Crippen molar-refractivity contribution in [3.63, 3.8) is 0 Å². The van der Waals surface area contributed by atoms with Crippen LogP contribution in [0.4, 0.5) is 10.1 Å². The van der Waals surface area contributed by atoms with Gasteiger partial charge in [-0.2, -0.15) is 11.8 Å². The molecule has 92 valence electrons. The summed E-state index contributed by atoms with van der Waals surface area (Å²) in [7, 11) is 0. The van der Waals surface area contributed by atoms with Gasteiger partial charge in [0.1, 0.15) is 5.82 Å². The van der Waals surface area contributed by atoms with E-state index in [0.29, 0.717) is 11.8 Å². The lowest BCUT2D eigenvalue weighted by atomic mass is 10.1. The summed E-state index contributed by atoms with van der Waals surface area (Å²) in [6, 6.07) is 3.89. The number of hydrogen-bond acceptors (Lipinski definition) is 3. The largest absolute Gasteiger partial charge is 0.399 e. The highest BCUT2D eigenvalue weighted by Gasteiger charge is 2.17. The van der Waals surface area contributed by atoms with Crippen LogP contribution in [0.1, 0.15) is 23.2 Å². The molecule has 1 aliphatic heterocycles. The number of rotatable bonds is 3. The Morgan fingerprint density at radius 1 is 1.53 bits per heavy atom. The molecule has 1 aromatic carbocycles. The maximum Gasteiger partial charge on any atom is 0.251 e. The minimum Gasteiger partial charge on any atom is -0.399 e. The number of anilines is 1. The van der Waals surface area contributed by atoms with E-state index in [1.54, 1.807) is 0 Å². The summed E-state index contributed by atoms with van der Waals surface area (Å²) in [4.78, 5) is 11.8. The fourth-order valence-electron chi connectivity index (χ4n) is 1.86. The highest BCUT2D eigenvalue weighted by Crippen LogP contribution is 2.25. The number of nitrogens with two attached hydrogens (primary N) is 1. The number of amides is 1. The van der Waals surface area contributed by atoms with E-state index >= 15 is 0 Å². The smallest absolute Gasteiger partial charge is 0.251 e. The van der Waals surface area contributed by atoms with Crippen LogP contribution in [0.15, 0.2) is 18.2 Å². The summed E-state index contributed by atoms with van der Waals surface area (Å²) in [6.07, 6.45) is 2.34. The molecule has 2 rings (SSSR count). The molecule has 1 atom stereocenters. The second-order valence-electron chi connectivity index (χ2n) is 4.12. The number of thioether (sulfide) groups is 1. The summed E-state index contributed by atoms with van der Waals surface area (Å²) in [5, 5.41) is 3.30. The molecule has 0 aliphatic carbocycles. The molecule has 0 bridgehead atoms. The van der Waals surface area contributed by atoms with E-state index in [1.807, 2.05) is 11.8 Å². The Morgan fingerprint density at radius 2 is 2.35 bits per heavy atom. The van der Waals surface area contributed by atoms with Gasteiger partial charge < -0.3 is 11.1 Å². The molecular weight excluding hydrogens is 239 g/mol. The van der Waals surface area contributed by atoms with Crippen LogP contribution in [-0.2, 0) is 0 Å². The minimum absolute atomic E-state index is 0.260. The summed E-state index contributed by atoms with van der Waals surface area (Å²) >= 11 is 1.87. The van der Waals surface area contributed by atoms with Crippen molar-refractivity contribution < 1.29 is 9.18 Å². The lowest BCUT2D eigenvalue weighted by Crippen LogP contribution is -2.29. The van der Waals surface area contributed by atoms with Crippen LogP contribution in [0, 0.1) is 5.82 Å². The van der Waals surface area contributed by atoms with Gasteiger partial charge in [0.25, 0.3) is 5.91 Å². The third-order valence-electron chi connectivity index (χ3n) is 2.70. The number of carbonyl (C=O) groups excluding carboxylic acids is 1. The Labute approximate surface area is 104 Å². The number of carbonyl (C=O) groups is 1. The minimum atomic E-state index is -0.481. The standard InChI is InChI=1S/C12H15FN2OS/c13-9-4-8(5-10(14)6-9)12(16)15-7-11-2-1-3-17-11/h4-6,11H,1-3,7,14H2,(H,15,16). The Balaban J connectivity index is 1.94. The normalized spacial score (nSPS) is 19.2. The Morgan fingerprint density at radius 3 is 3.00 bits per heavy atom. The molecule has 1 amide bonds.